The van der Waals surface area contributed by atoms with Crippen molar-refractivity contribution >= 4 is 22.9 Å². The van der Waals surface area contributed by atoms with Crippen molar-refractivity contribution in [2.45, 2.75) is 26.8 Å². The van der Waals surface area contributed by atoms with Crippen LogP contribution in [0.25, 0.3) is 0 Å². The summed E-state index contributed by atoms with van der Waals surface area (Å²) in [5.41, 5.74) is 3.31. The zero-order valence-electron chi connectivity index (χ0n) is 13.1. The Morgan fingerprint density at radius 2 is 2.09 bits per heavy atom. The Morgan fingerprint density at radius 3 is 2.78 bits per heavy atom. The molecule has 3 rings (SSSR count). The van der Waals surface area contributed by atoms with Gasteiger partial charge in [0, 0.05) is 18.3 Å². The van der Waals surface area contributed by atoms with Crippen LogP contribution in [-0.2, 0) is 13.0 Å². The molecule has 6 heteroatoms. The summed E-state index contributed by atoms with van der Waals surface area (Å²) >= 11 is 1.50. The molecule has 0 aliphatic rings. The van der Waals surface area contributed by atoms with Gasteiger partial charge in [-0.1, -0.05) is 30.3 Å². The van der Waals surface area contributed by atoms with Crippen molar-refractivity contribution in [3.05, 3.63) is 63.9 Å². The minimum Gasteiger partial charge on any atom is -0.318 e. The third kappa shape index (κ3) is 3.48. The molecule has 23 heavy (non-hydrogen) atoms. The lowest BCUT2D eigenvalue weighted by Gasteiger charge is -2.03. The average Bonchev–Trinajstić information content (AvgIpc) is 3.16. The first-order valence-electron chi connectivity index (χ1n) is 7.49. The minimum atomic E-state index is -0.195. The summed E-state index contributed by atoms with van der Waals surface area (Å²) in [7, 11) is 0. The molecule has 0 saturated heterocycles. The van der Waals surface area contributed by atoms with E-state index in [1.807, 2.05) is 36.7 Å². The maximum Gasteiger partial charge on any atom is 0.275 e. The van der Waals surface area contributed by atoms with Crippen LogP contribution in [0.3, 0.4) is 0 Å². The van der Waals surface area contributed by atoms with E-state index in [0.717, 1.165) is 29.4 Å². The average molecular weight is 326 g/mol. The molecule has 5 nitrogen and oxygen atoms in total. The smallest absolute Gasteiger partial charge is 0.275 e. The second kappa shape index (κ2) is 6.75. The Kier molecular flexibility index (Phi) is 4.52. The fourth-order valence-corrected chi connectivity index (χ4v) is 3.15. The Bertz CT molecular complexity index is 807. The van der Waals surface area contributed by atoms with Crippen LogP contribution in [0.1, 0.15) is 33.7 Å². The monoisotopic (exact) mass is 326 g/mol. The molecule has 0 spiro atoms. The number of benzene rings is 1. The van der Waals surface area contributed by atoms with Crippen LogP contribution in [0.2, 0.25) is 0 Å². The van der Waals surface area contributed by atoms with Crippen LogP contribution in [0, 0.1) is 6.92 Å². The Hall–Kier alpha value is -2.47. The number of hydrogen-bond donors (Lipinski definition) is 1. The van der Waals surface area contributed by atoms with Gasteiger partial charge in [0.05, 0.1) is 22.6 Å². The van der Waals surface area contributed by atoms with Crippen molar-refractivity contribution in [3.8, 4) is 0 Å². The predicted molar refractivity (Wildman–Crippen MR) is 92.0 cm³/mol. The van der Waals surface area contributed by atoms with Crippen LogP contribution < -0.4 is 5.32 Å². The van der Waals surface area contributed by atoms with E-state index in [4.69, 9.17) is 0 Å². The van der Waals surface area contributed by atoms with Crippen molar-refractivity contribution in [1.82, 2.24) is 14.8 Å². The predicted octanol–water partition coefficient (Wildman–Crippen LogP) is 3.51. The Balaban J connectivity index is 1.70. The van der Waals surface area contributed by atoms with Crippen molar-refractivity contribution in [2.24, 2.45) is 0 Å². The van der Waals surface area contributed by atoms with Gasteiger partial charge in [-0.25, -0.2) is 4.98 Å². The van der Waals surface area contributed by atoms with E-state index in [-0.39, 0.29) is 5.91 Å². The lowest BCUT2D eigenvalue weighted by Crippen LogP contribution is -2.13. The first-order valence-corrected chi connectivity index (χ1v) is 8.37. The summed E-state index contributed by atoms with van der Waals surface area (Å²) in [6.07, 6.45) is 2.42. The number of rotatable bonds is 5. The van der Waals surface area contributed by atoms with Gasteiger partial charge in [0.1, 0.15) is 5.69 Å². The van der Waals surface area contributed by atoms with Crippen molar-refractivity contribution in [3.63, 3.8) is 0 Å². The summed E-state index contributed by atoms with van der Waals surface area (Å²) in [5.74, 6) is -0.195. The molecule has 0 atom stereocenters. The molecular formula is C17H18N4OS. The highest BCUT2D eigenvalue weighted by molar-refractivity contribution is 7.09. The molecule has 0 saturated carbocycles. The Morgan fingerprint density at radius 1 is 1.30 bits per heavy atom. The molecule has 0 unspecified atom stereocenters. The zero-order valence-corrected chi connectivity index (χ0v) is 13.9. The molecule has 1 N–H and O–H groups in total. The Labute approximate surface area is 139 Å². The highest BCUT2D eigenvalue weighted by Crippen LogP contribution is 2.18. The quantitative estimate of drug-likeness (QED) is 0.780. The maximum absolute atomic E-state index is 12.3. The van der Waals surface area contributed by atoms with Gasteiger partial charge in [-0.3, -0.25) is 9.48 Å². The topological polar surface area (TPSA) is 59.8 Å². The van der Waals surface area contributed by atoms with E-state index in [0.29, 0.717) is 5.69 Å². The SMILES string of the molecule is CCn1ncc(NC(=O)c2csc(Cc3ccccc3)n2)c1C. The number of nitrogens with one attached hydrogen (secondary N) is 1. The van der Waals surface area contributed by atoms with Crippen molar-refractivity contribution < 1.29 is 4.79 Å². The molecule has 0 aliphatic carbocycles. The number of aryl methyl sites for hydroxylation is 1. The normalized spacial score (nSPS) is 10.7. The maximum atomic E-state index is 12.3. The van der Waals surface area contributed by atoms with Crippen LogP contribution in [0.15, 0.2) is 41.9 Å². The third-order valence-electron chi connectivity index (χ3n) is 3.63. The third-order valence-corrected chi connectivity index (χ3v) is 4.48. The summed E-state index contributed by atoms with van der Waals surface area (Å²) in [6, 6.07) is 10.1. The van der Waals surface area contributed by atoms with Gasteiger partial charge in [0.25, 0.3) is 5.91 Å². The summed E-state index contributed by atoms with van der Waals surface area (Å²) in [4.78, 5) is 16.8. The largest absolute Gasteiger partial charge is 0.318 e. The standard InChI is InChI=1S/C17H18N4OS/c1-3-21-12(2)14(10-18-21)20-17(22)15-11-23-16(19-15)9-13-7-5-4-6-8-13/h4-8,10-11H,3,9H2,1-2H3,(H,20,22). The number of nitrogens with zero attached hydrogens (tertiary/aromatic N) is 3. The lowest BCUT2D eigenvalue weighted by molar-refractivity contribution is 0.102. The van der Waals surface area contributed by atoms with Gasteiger partial charge in [0.15, 0.2) is 0 Å². The van der Waals surface area contributed by atoms with Gasteiger partial charge < -0.3 is 5.32 Å². The van der Waals surface area contributed by atoms with Gasteiger partial charge in [-0.05, 0) is 19.4 Å². The van der Waals surface area contributed by atoms with Gasteiger partial charge in [0.2, 0.25) is 0 Å². The van der Waals surface area contributed by atoms with Gasteiger partial charge in [-0.15, -0.1) is 11.3 Å². The van der Waals surface area contributed by atoms with E-state index in [2.05, 4.69) is 27.5 Å². The van der Waals surface area contributed by atoms with Crippen molar-refractivity contribution in [2.75, 3.05) is 5.32 Å². The second-order valence-corrected chi connectivity index (χ2v) is 6.15. The first-order chi connectivity index (χ1) is 11.2. The number of carbonyl (C=O) groups is 1. The molecule has 0 bridgehead atoms. The number of amides is 1. The van der Waals surface area contributed by atoms with E-state index >= 15 is 0 Å². The fourth-order valence-electron chi connectivity index (χ4n) is 2.34. The molecular weight excluding hydrogens is 308 g/mol. The van der Waals surface area contributed by atoms with Gasteiger partial charge in [-0.2, -0.15) is 5.10 Å². The molecule has 2 aromatic heterocycles. The van der Waals surface area contributed by atoms with Crippen molar-refractivity contribution in [1.29, 1.82) is 0 Å². The molecule has 3 aromatic rings. The molecule has 118 valence electrons. The second-order valence-electron chi connectivity index (χ2n) is 5.20. The van der Waals surface area contributed by atoms with E-state index in [9.17, 15) is 4.79 Å². The lowest BCUT2D eigenvalue weighted by atomic mass is 10.2. The van der Waals surface area contributed by atoms with E-state index in [1.165, 1.54) is 16.9 Å². The van der Waals surface area contributed by atoms with Crippen LogP contribution >= 0.6 is 11.3 Å². The highest BCUT2D eigenvalue weighted by atomic mass is 32.1. The molecule has 0 fully saturated rings. The number of anilines is 1. The molecule has 2 heterocycles. The molecule has 0 radical (unpaired) electrons. The minimum absolute atomic E-state index is 0.195. The number of thiazole rings is 1. The zero-order chi connectivity index (χ0) is 16.2. The fraction of sp³-hybridized carbons (Fsp3) is 0.235. The number of aromatic nitrogens is 3. The molecule has 1 amide bonds. The highest BCUT2D eigenvalue weighted by Gasteiger charge is 2.14. The summed E-state index contributed by atoms with van der Waals surface area (Å²) in [6.45, 7) is 4.73. The first kappa shape index (κ1) is 15.4. The molecule has 0 aliphatic heterocycles. The molecule has 1 aromatic carbocycles. The van der Waals surface area contributed by atoms with E-state index < -0.39 is 0 Å². The van der Waals surface area contributed by atoms with Crippen LogP contribution in [-0.4, -0.2) is 20.7 Å². The van der Waals surface area contributed by atoms with E-state index in [1.54, 1.807) is 11.6 Å². The van der Waals surface area contributed by atoms with Crippen LogP contribution in [0.5, 0.6) is 0 Å². The summed E-state index contributed by atoms with van der Waals surface area (Å²) in [5, 5.41) is 9.84. The van der Waals surface area contributed by atoms with Crippen LogP contribution in [0.4, 0.5) is 5.69 Å². The van der Waals surface area contributed by atoms with Gasteiger partial charge >= 0.3 is 0 Å². The number of carbonyl (C=O) groups excluding carboxylic acids is 1. The summed E-state index contributed by atoms with van der Waals surface area (Å²) < 4.78 is 1.84. The number of hydrogen-bond acceptors (Lipinski definition) is 4.